The van der Waals surface area contributed by atoms with Gasteiger partial charge in [-0.2, -0.15) is 0 Å². The Morgan fingerprint density at radius 1 is 0.448 bits per heavy atom. The van der Waals surface area contributed by atoms with Crippen molar-refractivity contribution in [3.05, 3.63) is 173 Å². The van der Waals surface area contributed by atoms with Gasteiger partial charge >= 0.3 is 0 Å². The molecule has 0 amide bonds. The average Bonchev–Trinajstić information content (AvgIpc) is 3.55. The summed E-state index contributed by atoms with van der Waals surface area (Å²) in [7, 11) is 0. The molecule has 3 aromatic heterocycles. The van der Waals surface area contributed by atoms with Gasteiger partial charge in [0.05, 0.1) is 34.0 Å². The number of pyridine rings is 2. The van der Waals surface area contributed by atoms with Crippen LogP contribution in [0.5, 0.6) is 0 Å². The van der Waals surface area contributed by atoms with Crippen LogP contribution in [0.1, 0.15) is 101 Å². The smallest absolute Gasteiger partial charge is 0.145 e. The molecule has 0 bridgehead atoms. The summed E-state index contributed by atoms with van der Waals surface area (Å²) >= 11 is 0. The van der Waals surface area contributed by atoms with Gasteiger partial charge in [0.25, 0.3) is 0 Å². The quantitative estimate of drug-likeness (QED) is 0.176. The van der Waals surface area contributed by atoms with Crippen molar-refractivity contribution in [1.82, 2.24) is 14.5 Å². The Bertz CT molecular complexity index is 3040. The van der Waals surface area contributed by atoms with E-state index in [2.05, 4.69) is 198 Å². The van der Waals surface area contributed by atoms with E-state index in [0.29, 0.717) is 0 Å². The molecule has 3 aliphatic heterocycles. The second kappa shape index (κ2) is 11.5. The highest BCUT2D eigenvalue weighted by molar-refractivity contribution is 6.10. The first kappa shape index (κ1) is 35.0. The van der Waals surface area contributed by atoms with E-state index < -0.39 is 0 Å². The third-order valence-corrected chi connectivity index (χ3v) is 13.8. The van der Waals surface area contributed by atoms with Crippen LogP contribution in [-0.4, -0.2) is 14.5 Å². The van der Waals surface area contributed by atoms with Crippen LogP contribution in [0.2, 0.25) is 0 Å². The molecule has 0 unspecified atom stereocenters. The standard InChI is InChI=1S/C53H49N5/c1-50(2,3)32-25-27-54-47(28-32)57-43-22-13-11-19-37(43)53(8,9)41-30-40-45(31-46(41)57)56(42-21-12-10-18-36(42)52(40,6)7)33-23-24-38-44(29-33)58-48-34(35-17-15-26-55-49(35)58)16-14-20-39(48)51(38,4)5/h10-31H,1-9H3. The number of anilines is 6. The van der Waals surface area contributed by atoms with E-state index in [-0.39, 0.29) is 21.7 Å². The fraction of sp³-hybridized carbons (Fsp3) is 0.245. The summed E-state index contributed by atoms with van der Waals surface area (Å²) in [5.41, 5.74) is 17.6. The van der Waals surface area contributed by atoms with E-state index in [1.807, 2.05) is 12.4 Å². The van der Waals surface area contributed by atoms with Crippen molar-refractivity contribution in [2.45, 2.75) is 84.0 Å². The number of aromatic nitrogens is 3. The van der Waals surface area contributed by atoms with Gasteiger partial charge in [-0.25, -0.2) is 9.97 Å². The first-order chi connectivity index (χ1) is 27.7. The van der Waals surface area contributed by atoms with Crippen molar-refractivity contribution in [3.63, 3.8) is 0 Å². The molecule has 0 N–H and O–H groups in total. The lowest BCUT2D eigenvalue weighted by Gasteiger charge is -2.47. The van der Waals surface area contributed by atoms with Gasteiger partial charge in [0, 0.05) is 45.1 Å². The van der Waals surface area contributed by atoms with E-state index in [1.54, 1.807) is 0 Å². The number of hydrogen-bond acceptors (Lipinski definition) is 4. The monoisotopic (exact) mass is 755 g/mol. The van der Waals surface area contributed by atoms with Crippen LogP contribution in [0.15, 0.2) is 134 Å². The molecule has 58 heavy (non-hydrogen) atoms. The van der Waals surface area contributed by atoms with Crippen molar-refractivity contribution in [3.8, 4) is 5.69 Å². The number of para-hydroxylation sites is 3. The molecule has 286 valence electrons. The second-order valence-corrected chi connectivity index (χ2v) is 19.2. The second-order valence-electron chi connectivity index (χ2n) is 19.2. The molecular formula is C53H49N5. The van der Waals surface area contributed by atoms with E-state index in [0.717, 1.165) is 22.8 Å². The Hall–Kier alpha value is -6.20. The minimum absolute atomic E-state index is 0.0247. The topological polar surface area (TPSA) is 37.2 Å². The number of nitrogens with zero attached hydrogens (tertiary/aromatic N) is 5. The van der Waals surface area contributed by atoms with Crippen LogP contribution in [-0.2, 0) is 21.7 Å². The summed E-state index contributed by atoms with van der Waals surface area (Å²) in [5.74, 6) is 0.935. The summed E-state index contributed by atoms with van der Waals surface area (Å²) in [6, 6.07) is 45.5. The SMILES string of the molecule is CC(C)(C)c1ccnc(N2c3ccccc3C(C)(C)c3cc4c(cc32)N(c2ccc3c(c2)-n2c5ncccc5c5cccc(c52)C3(C)C)c2ccccc2C4(C)C)c1. The third kappa shape index (κ3) is 4.53. The van der Waals surface area contributed by atoms with Crippen molar-refractivity contribution >= 4 is 56.2 Å². The highest BCUT2D eigenvalue weighted by atomic mass is 15.2. The molecule has 0 saturated carbocycles. The summed E-state index contributed by atoms with van der Waals surface area (Å²) in [6.45, 7) is 21.1. The van der Waals surface area contributed by atoms with Crippen molar-refractivity contribution in [1.29, 1.82) is 0 Å². The molecule has 0 saturated heterocycles. The van der Waals surface area contributed by atoms with Crippen molar-refractivity contribution < 1.29 is 0 Å². The molecule has 0 radical (unpaired) electrons. The summed E-state index contributed by atoms with van der Waals surface area (Å²) in [5, 5.41) is 2.43. The molecule has 5 heteroatoms. The van der Waals surface area contributed by atoms with Crippen LogP contribution in [0.3, 0.4) is 0 Å². The Labute approximate surface area is 341 Å². The fourth-order valence-corrected chi connectivity index (χ4v) is 10.6. The van der Waals surface area contributed by atoms with Gasteiger partial charge in [0.15, 0.2) is 0 Å². The fourth-order valence-electron chi connectivity index (χ4n) is 10.6. The number of hydrogen-bond donors (Lipinski definition) is 0. The zero-order valence-corrected chi connectivity index (χ0v) is 34.9. The molecule has 6 heterocycles. The predicted molar refractivity (Wildman–Crippen MR) is 241 cm³/mol. The van der Waals surface area contributed by atoms with Crippen molar-refractivity contribution in [2.75, 3.05) is 9.80 Å². The summed E-state index contributed by atoms with van der Waals surface area (Å²) < 4.78 is 2.42. The lowest BCUT2D eigenvalue weighted by atomic mass is 9.68. The predicted octanol–water partition coefficient (Wildman–Crippen LogP) is 13.7. The minimum atomic E-state index is -0.262. The highest BCUT2D eigenvalue weighted by Crippen LogP contribution is 2.59. The molecule has 0 spiro atoms. The van der Waals surface area contributed by atoms with E-state index in [9.17, 15) is 0 Å². The van der Waals surface area contributed by atoms with Crippen LogP contribution in [0, 0.1) is 0 Å². The highest BCUT2D eigenvalue weighted by Gasteiger charge is 2.44. The molecular weight excluding hydrogens is 707 g/mol. The first-order valence-corrected chi connectivity index (χ1v) is 20.7. The van der Waals surface area contributed by atoms with Gasteiger partial charge in [-0.15, -0.1) is 0 Å². The van der Waals surface area contributed by atoms with Crippen LogP contribution >= 0.6 is 0 Å². The van der Waals surface area contributed by atoms with Gasteiger partial charge in [-0.05, 0) is 105 Å². The third-order valence-electron chi connectivity index (χ3n) is 13.8. The van der Waals surface area contributed by atoms with Crippen molar-refractivity contribution in [2.24, 2.45) is 0 Å². The van der Waals surface area contributed by atoms with Crippen LogP contribution in [0.4, 0.5) is 34.3 Å². The Kier molecular flexibility index (Phi) is 6.92. The molecule has 5 nitrogen and oxygen atoms in total. The summed E-state index contributed by atoms with van der Waals surface area (Å²) in [6.07, 6.45) is 3.90. The maximum atomic E-state index is 5.10. The van der Waals surface area contributed by atoms with E-state index in [4.69, 9.17) is 9.97 Å². The Morgan fingerprint density at radius 2 is 1.05 bits per heavy atom. The van der Waals surface area contributed by atoms with Gasteiger partial charge < -0.3 is 4.90 Å². The summed E-state index contributed by atoms with van der Waals surface area (Å²) in [4.78, 5) is 15.1. The lowest BCUT2D eigenvalue weighted by molar-refractivity contribution is 0.589. The molecule has 11 rings (SSSR count). The van der Waals surface area contributed by atoms with Gasteiger partial charge in [-0.3, -0.25) is 9.47 Å². The molecule has 0 aliphatic carbocycles. The van der Waals surface area contributed by atoms with Gasteiger partial charge in [0.1, 0.15) is 11.5 Å². The van der Waals surface area contributed by atoms with E-state index >= 15 is 0 Å². The first-order valence-electron chi connectivity index (χ1n) is 20.7. The molecule has 5 aromatic carbocycles. The molecule has 0 atom stereocenters. The van der Waals surface area contributed by atoms with Crippen LogP contribution in [0.25, 0.3) is 27.6 Å². The maximum absolute atomic E-state index is 5.10. The number of fused-ring (bicyclic) bond motifs is 9. The zero-order valence-electron chi connectivity index (χ0n) is 34.9. The Balaban J connectivity index is 1.20. The van der Waals surface area contributed by atoms with E-state index in [1.165, 1.54) is 78.0 Å². The normalized spacial score (nSPS) is 16.7. The molecule has 8 aromatic rings. The maximum Gasteiger partial charge on any atom is 0.145 e. The lowest BCUT2D eigenvalue weighted by Crippen LogP contribution is -2.35. The van der Waals surface area contributed by atoms with Gasteiger partial charge in [-0.1, -0.05) is 123 Å². The number of rotatable bonds is 2. The molecule has 3 aliphatic rings. The number of benzene rings is 5. The average molecular weight is 756 g/mol. The minimum Gasteiger partial charge on any atom is -0.310 e. The Morgan fingerprint density at radius 3 is 1.76 bits per heavy atom. The largest absolute Gasteiger partial charge is 0.310 e. The zero-order chi connectivity index (χ0) is 40.1. The molecule has 0 fully saturated rings. The van der Waals surface area contributed by atoms with Gasteiger partial charge in [0.2, 0.25) is 0 Å². The van der Waals surface area contributed by atoms with Crippen LogP contribution < -0.4 is 9.80 Å².